The highest BCUT2D eigenvalue weighted by Crippen LogP contribution is 2.59. The van der Waals surface area contributed by atoms with Crippen molar-refractivity contribution in [2.45, 2.75) is 43.8 Å². The molecule has 1 N–H and O–H groups in total. The molecule has 3 aliphatic carbocycles. The summed E-state index contributed by atoms with van der Waals surface area (Å²) in [6, 6.07) is 32.9. The van der Waals surface area contributed by atoms with Crippen LogP contribution in [0.4, 0.5) is 11.4 Å². The van der Waals surface area contributed by atoms with Crippen LogP contribution in [-0.2, 0) is 5.41 Å². The first-order chi connectivity index (χ1) is 23.5. The van der Waals surface area contributed by atoms with Gasteiger partial charge in [0.2, 0.25) is 0 Å². The van der Waals surface area contributed by atoms with Gasteiger partial charge < -0.3 is 10.2 Å². The quantitative estimate of drug-likeness (QED) is 0.247. The van der Waals surface area contributed by atoms with Crippen LogP contribution in [0.15, 0.2) is 150 Å². The molecule has 2 heterocycles. The number of rotatable bonds is 4. The summed E-state index contributed by atoms with van der Waals surface area (Å²) in [5.41, 5.74) is 14.0. The fraction of sp³-hybridized carbons (Fsp3) is 0.182. The summed E-state index contributed by atoms with van der Waals surface area (Å²) in [5.74, 6) is 0.516. The zero-order valence-corrected chi connectivity index (χ0v) is 27.1. The van der Waals surface area contributed by atoms with E-state index in [4.69, 9.17) is 4.99 Å². The summed E-state index contributed by atoms with van der Waals surface area (Å²) in [7, 11) is 0. The Labute approximate surface area is 282 Å². The lowest BCUT2D eigenvalue weighted by atomic mass is 9.81. The van der Waals surface area contributed by atoms with E-state index in [1.807, 2.05) is 24.3 Å². The summed E-state index contributed by atoms with van der Waals surface area (Å²) in [6.07, 6.45) is 20.6. The summed E-state index contributed by atoms with van der Waals surface area (Å²) in [6.45, 7) is 4.71. The average molecular weight is 621 g/mol. The van der Waals surface area contributed by atoms with Crippen LogP contribution >= 0.6 is 0 Å². The molecule has 4 nitrogen and oxygen atoms in total. The molecule has 0 aromatic heterocycles. The van der Waals surface area contributed by atoms with Gasteiger partial charge in [0, 0.05) is 39.8 Å². The van der Waals surface area contributed by atoms with Crippen LogP contribution in [0.3, 0.4) is 0 Å². The maximum Gasteiger partial charge on any atom is 0.145 e. The lowest BCUT2D eigenvalue weighted by molar-refractivity contribution is 0.559. The van der Waals surface area contributed by atoms with Gasteiger partial charge in [-0.2, -0.15) is 5.26 Å². The van der Waals surface area contributed by atoms with E-state index in [0.717, 1.165) is 29.0 Å². The molecule has 4 unspecified atom stereocenters. The number of nitriles is 1. The Balaban J connectivity index is 1.17. The molecule has 0 fully saturated rings. The molecule has 0 spiro atoms. The standard InChI is InChI=1S/C44H36N4/c1-44(2)36-20-8-6-19-35(36)41-37(44)23-22-34-33-18-7-9-21-40(33)48(42(34)41)32-17-11-16-31(25-32)43-46-38(29-13-4-3-5-14-29)26-39(47-43)30-15-10-12-28(24-30)27-45/h3-13,15-26,29,33,40,43,46H,14H2,1-2H3. The number of benzene rings is 4. The Kier molecular flexibility index (Phi) is 6.52. The highest BCUT2D eigenvalue weighted by atomic mass is 15.2. The Bertz CT molecular complexity index is 2220. The molecule has 2 aliphatic heterocycles. The Morgan fingerprint density at radius 3 is 2.58 bits per heavy atom. The van der Waals surface area contributed by atoms with Crippen molar-refractivity contribution in [3.8, 4) is 17.2 Å². The molecule has 4 heteroatoms. The minimum Gasteiger partial charge on any atom is -0.363 e. The third-order valence-corrected chi connectivity index (χ3v) is 10.8. The Morgan fingerprint density at radius 1 is 0.854 bits per heavy atom. The maximum absolute atomic E-state index is 9.63. The van der Waals surface area contributed by atoms with E-state index in [9.17, 15) is 5.26 Å². The predicted molar refractivity (Wildman–Crippen MR) is 195 cm³/mol. The maximum atomic E-state index is 9.63. The lowest BCUT2D eigenvalue weighted by Gasteiger charge is -2.32. The van der Waals surface area contributed by atoms with E-state index >= 15 is 0 Å². The van der Waals surface area contributed by atoms with E-state index < -0.39 is 0 Å². The van der Waals surface area contributed by atoms with Crippen LogP contribution in [0.5, 0.6) is 0 Å². The molecule has 48 heavy (non-hydrogen) atoms. The number of aliphatic imine (C=N–C) groups is 1. The first-order valence-electron chi connectivity index (χ1n) is 16.9. The SMILES string of the molecule is CC1(C)c2ccccc2-c2c1ccc1c2N(c2cccc(C3N=C(c4cccc(C#N)c4)C=C(C4C=CC=CC4)N3)c2)C2C=CC=CC12. The molecule has 4 aromatic rings. The van der Waals surface area contributed by atoms with Crippen LogP contribution in [0.1, 0.15) is 65.7 Å². The normalized spacial score (nSPS) is 23.7. The number of anilines is 2. The topological polar surface area (TPSA) is 51.4 Å². The number of nitrogens with zero attached hydrogens (tertiary/aromatic N) is 3. The number of allylic oxidation sites excluding steroid dienone is 7. The van der Waals surface area contributed by atoms with Gasteiger partial charge in [-0.3, -0.25) is 4.99 Å². The van der Waals surface area contributed by atoms with Crippen molar-refractivity contribution in [3.63, 3.8) is 0 Å². The fourth-order valence-corrected chi connectivity index (χ4v) is 8.39. The van der Waals surface area contributed by atoms with Crippen LogP contribution in [0.25, 0.3) is 11.1 Å². The molecular weight excluding hydrogens is 585 g/mol. The molecule has 4 aromatic carbocycles. The number of hydrogen-bond acceptors (Lipinski definition) is 4. The molecule has 5 aliphatic rings. The van der Waals surface area contributed by atoms with Crippen molar-refractivity contribution in [3.05, 3.63) is 179 Å². The molecular formula is C44H36N4. The van der Waals surface area contributed by atoms with Gasteiger partial charge in [-0.1, -0.05) is 123 Å². The van der Waals surface area contributed by atoms with Gasteiger partial charge in [-0.05, 0) is 64.6 Å². The summed E-state index contributed by atoms with van der Waals surface area (Å²) < 4.78 is 0. The lowest BCUT2D eigenvalue weighted by Crippen LogP contribution is -2.30. The van der Waals surface area contributed by atoms with E-state index in [1.54, 1.807) is 0 Å². The molecule has 0 saturated carbocycles. The first kappa shape index (κ1) is 28.6. The van der Waals surface area contributed by atoms with Crippen molar-refractivity contribution in [1.82, 2.24) is 5.32 Å². The monoisotopic (exact) mass is 620 g/mol. The zero-order chi connectivity index (χ0) is 32.4. The predicted octanol–water partition coefficient (Wildman–Crippen LogP) is 9.70. The molecule has 4 atom stereocenters. The Morgan fingerprint density at radius 2 is 1.71 bits per heavy atom. The highest BCUT2D eigenvalue weighted by Gasteiger charge is 2.45. The highest BCUT2D eigenvalue weighted by molar-refractivity contribution is 6.10. The summed E-state index contributed by atoms with van der Waals surface area (Å²) in [5, 5.41) is 13.4. The molecule has 0 bridgehead atoms. The minimum absolute atomic E-state index is 0.0701. The number of hydrogen-bond donors (Lipinski definition) is 1. The summed E-state index contributed by atoms with van der Waals surface area (Å²) in [4.78, 5) is 7.86. The fourth-order valence-electron chi connectivity index (χ4n) is 8.39. The van der Waals surface area contributed by atoms with Gasteiger partial charge in [-0.25, -0.2) is 0 Å². The zero-order valence-electron chi connectivity index (χ0n) is 27.1. The molecule has 9 rings (SSSR count). The first-order valence-corrected chi connectivity index (χ1v) is 16.9. The van der Waals surface area contributed by atoms with E-state index in [2.05, 4.69) is 145 Å². The second kappa shape index (κ2) is 11.0. The molecule has 0 amide bonds. The van der Waals surface area contributed by atoms with Crippen LogP contribution < -0.4 is 10.2 Å². The van der Waals surface area contributed by atoms with Crippen molar-refractivity contribution in [1.29, 1.82) is 5.26 Å². The van der Waals surface area contributed by atoms with Crippen molar-refractivity contribution < 1.29 is 0 Å². The van der Waals surface area contributed by atoms with Gasteiger partial charge >= 0.3 is 0 Å². The average Bonchev–Trinajstić information content (AvgIpc) is 3.60. The smallest absolute Gasteiger partial charge is 0.145 e. The summed E-state index contributed by atoms with van der Waals surface area (Å²) >= 11 is 0. The number of nitrogens with one attached hydrogen (secondary N) is 1. The van der Waals surface area contributed by atoms with Gasteiger partial charge in [0.15, 0.2) is 0 Å². The van der Waals surface area contributed by atoms with E-state index in [0.29, 0.717) is 5.56 Å². The van der Waals surface area contributed by atoms with E-state index in [-0.39, 0.29) is 29.5 Å². The van der Waals surface area contributed by atoms with Crippen LogP contribution in [0.2, 0.25) is 0 Å². The van der Waals surface area contributed by atoms with Gasteiger partial charge in [0.25, 0.3) is 0 Å². The second-order valence-corrected chi connectivity index (χ2v) is 13.9. The third kappa shape index (κ3) is 4.38. The van der Waals surface area contributed by atoms with Crippen LogP contribution in [-0.4, -0.2) is 11.8 Å². The van der Waals surface area contributed by atoms with Gasteiger partial charge in [0.05, 0.1) is 29.1 Å². The minimum atomic E-state index is -0.272. The Hall–Kier alpha value is -5.66. The molecule has 0 saturated heterocycles. The van der Waals surface area contributed by atoms with Gasteiger partial charge in [-0.15, -0.1) is 0 Å². The van der Waals surface area contributed by atoms with E-state index in [1.165, 1.54) is 39.2 Å². The third-order valence-electron chi connectivity index (χ3n) is 10.8. The van der Waals surface area contributed by atoms with Crippen molar-refractivity contribution >= 4 is 17.1 Å². The largest absolute Gasteiger partial charge is 0.363 e. The van der Waals surface area contributed by atoms with Gasteiger partial charge in [0.1, 0.15) is 6.17 Å². The van der Waals surface area contributed by atoms with Crippen molar-refractivity contribution in [2.24, 2.45) is 10.9 Å². The molecule has 0 radical (unpaired) electrons. The number of fused-ring (bicyclic) bond motifs is 7. The second-order valence-electron chi connectivity index (χ2n) is 13.9. The molecule has 232 valence electrons. The van der Waals surface area contributed by atoms with Crippen molar-refractivity contribution in [2.75, 3.05) is 4.90 Å². The van der Waals surface area contributed by atoms with Crippen LogP contribution in [0, 0.1) is 17.2 Å².